The third-order valence-electron chi connectivity index (χ3n) is 1.98. The van der Waals surface area contributed by atoms with Crippen molar-refractivity contribution in [2.75, 3.05) is 20.3 Å². The molecule has 0 saturated heterocycles. The van der Waals surface area contributed by atoms with E-state index in [9.17, 15) is 0 Å². The van der Waals surface area contributed by atoms with Gasteiger partial charge < -0.3 is 15.2 Å². The van der Waals surface area contributed by atoms with E-state index >= 15 is 0 Å². The van der Waals surface area contributed by atoms with Gasteiger partial charge in [0.05, 0.1) is 13.7 Å². The Morgan fingerprint density at radius 3 is 2.71 bits per heavy atom. The number of hydrogen-bond donors (Lipinski definition) is 1. The largest absolute Gasteiger partial charge is 0.496 e. The molecule has 0 radical (unpaired) electrons. The van der Waals surface area contributed by atoms with Crippen LogP contribution >= 0.6 is 0 Å². The normalized spacial score (nSPS) is 9.93. The molecular formula is C11H17NO2. The summed E-state index contributed by atoms with van der Waals surface area (Å²) in [5.41, 5.74) is 6.61. The quantitative estimate of drug-likeness (QED) is 0.776. The summed E-state index contributed by atoms with van der Waals surface area (Å²) in [6.07, 6.45) is 0.810. The van der Waals surface area contributed by atoms with E-state index < -0.39 is 0 Å². The van der Waals surface area contributed by atoms with Crippen molar-refractivity contribution in [2.45, 2.75) is 13.3 Å². The van der Waals surface area contributed by atoms with E-state index in [0.29, 0.717) is 13.2 Å². The molecule has 0 fully saturated rings. The highest BCUT2D eigenvalue weighted by molar-refractivity contribution is 5.40. The van der Waals surface area contributed by atoms with Crippen LogP contribution in [0.4, 0.5) is 0 Å². The first-order valence-corrected chi connectivity index (χ1v) is 4.81. The maximum Gasteiger partial charge on any atom is 0.122 e. The number of benzene rings is 1. The maximum absolute atomic E-state index is 5.51. The van der Waals surface area contributed by atoms with Gasteiger partial charge in [-0.25, -0.2) is 0 Å². The molecule has 0 amide bonds. The van der Waals surface area contributed by atoms with Gasteiger partial charge in [-0.3, -0.25) is 0 Å². The van der Waals surface area contributed by atoms with Gasteiger partial charge in [-0.1, -0.05) is 0 Å². The minimum atomic E-state index is 0.617. The van der Waals surface area contributed by atoms with Crippen LogP contribution in [0, 0.1) is 0 Å². The summed E-state index contributed by atoms with van der Waals surface area (Å²) >= 11 is 0. The second-order valence-corrected chi connectivity index (χ2v) is 2.95. The van der Waals surface area contributed by atoms with Crippen LogP contribution < -0.4 is 15.2 Å². The molecule has 0 heterocycles. The Morgan fingerprint density at radius 2 is 2.14 bits per heavy atom. The molecule has 0 aliphatic carbocycles. The van der Waals surface area contributed by atoms with Gasteiger partial charge in [0.15, 0.2) is 0 Å². The lowest BCUT2D eigenvalue weighted by atomic mass is 10.1. The summed E-state index contributed by atoms with van der Waals surface area (Å²) < 4.78 is 10.6. The zero-order chi connectivity index (χ0) is 10.4. The Bertz CT molecular complexity index is 287. The molecule has 0 spiro atoms. The van der Waals surface area contributed by atoms with Crippen molar-refractivity contribution >= 4 is 0 Å². The fourth-order valence-corrected chi connectivity index (χ4v) is 1.36. The Morgan fingerprint density at radius 1 is 1.36 bits per heavy atom. The molecule has 0 bridgehead atoms. The van der Waals surface area contributed by atoms with Gasteiger partial charge in [-0.05, 0) is 43.7 Å². The Labute approximate surface area is 84.8 Å². The van der Waals surface area contributed by atoms with E-state index in [1.807, 2.05) is 25.1 Å². The molecule has 78 valence electrons. The van der Waals surface area contributed by atoms with Crippen molar-refractivity contribution in [2.24, 2.45) is 5.73 Å². The molecule has 2 N–H and O–H groups in total. The molecule has 0 aromatic heterocycles. The molecular weight excluding hydrogens is 178 g/mol. The molecule has 0 unspecified atom stereocenters. The third kappa shape index (κ3) is 2.64. The topological polar surface area (TPSA) is 44.5 Å². The summed E-state index contributed by atoms with van der Waals surface area (Å²) in [6.45, 7) is 3.26. The van der Waals surface area contributed by atoms with Crippen molar-refractivity contribution in [3.8, 4) is 11.5 Å². The molecule has 3 heteroatoms. The van der Waals surface area contributed by atoms with E-state index in [-0.39, 0.29) is 0 Å². The van der Waals surface area contributed by atoms with E-state index in [1.165, 1.54) is 0 Å². The zero-order valence-electron chi connectivity index (χ0n) is 8.75. The first kappa shape index (κ1) is 10.9. The summed E-state index contributed by atoms with van der Waals surface area (Å²) in [5.74, 6) is 1.75. The predicted octanol–water partition coefficient (Wildman–Crippen LogP) is 1.60. The standard InChI is InChI=1S/C11H17NO2/c1-3-14-10-4-5-11(13-2)9(8-10)6-7-12/h4-5,8H,3,6-7,12H2,1-2H3. The summed E-state index contributed by atoms with van der Waals surface area (Å²) in [7, 11) is 1.66. The van der Waals surface area contributed by atoms with Gasteiger partial charge in [-0.2, -0.15) is 0 Å². The highest BCUT2D eigenvalue weighted by atomic mass is 16.5. The van der Waals surface area contributed by atoms with Crippen LogP contribution in [-0.2, 0) is 6.42 Å². The highest BCUT2D eigenvalue weighted by Crippen LogP contribution is 2.24. The van der Waals surface area contributed by atoms with Crippen molar-refractivity contribution < 1.29 is 9.47 Å². The molecule has 0 saturated carbocycles. The van der Waals surface area contributed by atoms with Crippen LogP contribution in [0.3, 0.4) is 0 Å². The van der Waals surface area contributed by atoms with Crippen molar-refractivity contribution in [1.29, 1.82) is 0 Å². The van der Waals surface area contributed by atoms with Crippen LogP contribution in [0.2, 0.25) is 0 Å². The lowest BCUT2D eigenvalue weighted by Crippen LogP contribution is -2.04. The fourth-order valence-electron chi connectivity index (χ4n) is 1.36. The van der Waals surface area contributed by atoms with Gasteiger partial charge in [0.25, 0.3) is 0 Å². The van der Waals surface area contributed by atoms with Crippen molar-refractivity contribution in [3.05, 3.63) is 23.8 Å². The SMILES string of the molecule is CCOc1ccc(OC)c(CCN)c1. The first-order valence-electron chi connectivity index (χ1n) is 4.81. The lowest BCUT2D eigenvalue weighted by molar-refractivity contribution is 0.338. The average molecular weight is 195 g/mol. The van der Waals surface area contributed by atoms with Crippen molar-refractivity contribution in [3.63, 3.8) is 0 Å². The van der Waals surface area contributed by atoms with Gasteiger partial charge in [0.2, 0.25) is 0 Å². The van der Waals surface area contributed by atoms with E-state index in [4.69, 9.17) is 15.2 Å². The number of rotatable bonds is 5. The number of ether oxygens (including phenoxy) is 2. The van der Waals surface area contributed by atoms with Crippen LogP contribution in [0.5, 0.6) is 11.5 Å². The average Bonchev–Trinajstić information content (AvgIpc) is 2.19. The fraction of sp³-hybridized carbons (Fsp3) is 0.455. The summed E-state index contributed by atoms with van der Waals surface area (Å²) in [4.78, 5) is 0. The van der Waals surface area contributed by atoms with E-state index in [1.54, 1.807) is 7.11 Å². The highest BCUT2D eigenvalue weighted by Gasteiger charge is 2.03. The molecule has 14 heavy (non-hydrogen) atoms. The predicted molar refractivity (Wildman–Crippen MR) is 56.9 cm³/mol. The molecule has 0 aliphatic heterocycles. The minimum absolute atomic E-state index is 0.617. The molecule has 0 aliphatic rings. The summed E-state index contributed by atoms with van der Waals surface area (Å²) in [6, 6.07) is 5.80. The summed E-state index contributed by atoms with van der Waals surface area (Å²) in [5, 5.41) is 0. The molecule has 1 aromatic carbocycles. The van der Waals surface area contributed by atoms with Gasteiger partial charge >= 0.3 is 0 Å². The van der Waals surface area contributed by atoms with E-state index in [0.717, 1.165) is 23.5 Å². The van der Waals surface area contributed by atoms with Crippen LogP contribution in [0.1, 0.15) is 12.5 Å². The lowest BCUT2D eigenvalue weighted by Gasteiger charge is -2.10. The van der Waals surface area contributed by atoms with Crippen LogP contribution in [0.25, 0.3) is 0 Å². The molecule has 1 rings (SSSR count). The van der Waals surface area contributed by atoms with Gasteiger partial charge in [0.1, 0.15) is 11.5 Å². The van der Waals surface area contributed by atoms with Crippen molar-refractivity contribution in [1.82, 2.24) is 0 Å². The third-order valence-corrected chi connectivity index (χ3v) is 1.98. The van der Waals surface area contributed by atoms with Gasteiger partial charge in [-0.15, -0.1) is 0 Å². The van der Waals surface area contributed by atoms with Crippen LogP contribution in [-0.4, -0.2) is 20.3 Å². The first-order chi connectivity index (χ1) is 6.81. The monoisotopic (exact) mass is 195 g/mol. The second kappa shape index (κ2) is 5.50. The number of methoxy groups -OCH3 is 1. The Balaban J connectivity index is 2.88. The molecule has 0 atom stereocenters. The van der Waals surface area contributed by atoms with E-state index in [2.05, 4.69) is 0 Å². The molecule has 1 aromatic rings. The zero-order valence-corrected chi connectivity index (χ0v) is 8.75. The minimum Gasteiger partial charge on any atom is -0.496 e. The van der Waals surface area contributed by atoms with Crippen LogP contribution in [0.15, 0.2) is 18.2 Å². The molecule has 3 nitrogen and oxygen atoms in total. The maximum atomic E-state index is 5.51. The smallest absolute Gasteiger partial charge is 0.122 e. The Kier molecular flexibility index (Phi) is 4.26. The Hall–Kier alpha value is -1.22. The second-order valence-electron chi connectivity index (χ2n) is 2.95. The number of hydrogen-bond acceptors (Lipinski definition) is 3. The van der Waals surface area contributed by atoms with Gasteiger partial charge in [0, 0.05) is 0 Å². The number of nitrogens with two attached hydrogens (primary N) is 1.